The van der Waals surface area contributed by atoms with Crippen molar-refractivity contribution in [2.75, 3.05) is 7.05 Å². The van der Waals surface area contributed by atoms with Crippen LogP contribution < -0.4 is 10.6 Å². The Bertz CT molecular complexity index is 403. The van der Waals surface area contributed by atoms with Gasteiger partial charge in [-0.1, -0.05) is 24.3 Å². The summed E-state index contributed by atoms with van der Waals surface area (Å²) in [5.74, 6) is 0.0491. The van der Waals surface area contributed by atoms with Crippen LogP contribution in [0.4, 0.5) is 0 Å². The second-order valence-electron chi connectivity index (χ2n) is 4.65. The van der Waals surface area contributed by atoms with E-state index in [9.17, 15) is 4.79 Å². The maximum absolute atomic E-state index is 11.5. The second-order valence-corrected chi connectivity index (χ2v) is 4.65. The SMILES string of the molecule is CNC(=O)[C@H](C)N[C@@H]1CCCc2ccccc21. The van der Waals surface area contributed by atoms with Gasteiger partial charge in [-0.15, -0.1) is 0 Å². The monoisotopic (exact) mass is 232 g/mol. The summed E-state index contributed by atoms with van der Waals surface area (Å²) in [6, 6.07) is 8.69. The molecule has 0 saturated heterocycles. The van der Waals surface area contributed by atoms with Gasteiger partial charge in [-0.2, -0.15) is 0 Å². The highest BCUT2D eigenvalue weighted by Gasteiger charge is 2.22. The highest BCUT2D eigenvalue weighted by Crippen LogP contribution is 2.29. The normalized spacial score (nSPS) is 20.5. The van der Waals surface area contributed by atoms with Crippen LogP contribution in [0.25, 0.3) is 0 Å². The zero-order valence-electron chi connectivity index (χ0n) is 10.5. The number of rotatable bonds is 3. The summed E-state index contributed by atoms with van der Waals surface area (Å²) < 4.78 is 0. The molecular formula is C14H20N2O. The van der Waals surface area contributed by atoms with E-state index in [-0.39, 0.29) is 11.9 Å². The van der Waals surface area contributed by atoms with Crippen molar-refractivity contribution >= 4 is 5.91 Å². The van der Waals surface area contributed by atoms with Crippen molar-refractivity contribution < 1.29 is 4.79 Å². The quantitative estimate of drug-likeness (QED) is 0.834. The maximum atomic E-state index is 11.5. The minimum absolute atomic E-state index is 0.0491. The summed E-state index contributed by atoms with van der Waals surface area (Å²) in [5, 5.41) is 6.09. The van der Waals surface area contributed by atoms with Crippen molar-refractivity contribution in [3.05, 3.63) is 35.4 Å². The Morgan fingerprint density at radius 2 is 2.18 bits per heavy atom. The Morgan fingerprint density at radius 3 is 2.94 bits per heavy atom. The first kappa shape index (κ1) is 12.1. The molecule has 92 valence electrons. The van der Waals surface area contributed by atoms with Gasteiger partial charge in [-0.05, 0) is 37.3 Å². The van der Waals surface area contributed by atoms with Crippen LogP contribution in [0.5, 0.6) is 0 Å². The average molecular weight is 232 g/mol. The lowest BCUT2D eigenvalue weighted by Crippen LogP contribution is -2.43. The van der Waals surface area contributed by atoms with Gasteiger partial charge in [0.2, 0.25) is 5.91 Å². The number of carbonyl (C=O) groups is 1. The van der Waals surface area contributed by atoms with E-state index in [0.717, 1.165) is 12.8 Å². The van der Waals surface area contributed by atoms with Gasteiger partial charge in [0.05, 0.1) is 6.04 Å². The highest BCUT2D eigenvalue weighted by molar-refractivity contribution is 5.81. The number of fused-ring (bicyclic) bond motifs is 1. The molecule has 0 aromatic heterocycles. The molecular weight excluding hydrogens is 212 g/mol. The zero-order valence-corrected chi connectivity index (χ0v) is 10.5. The Labute approximate surface area is 103 Å². The van der Waals surface area contributed by atoms with Crippen molar-refractivity contribution in [3.8, 4) is 0 Å². The lowest BCUT2D eigenvalue weighted by Gasteiger charge is -2.28. The van der Waals surface area contributed by atoms with Crippen LogP contribution in [0.2, 0.25) is 0 Å². The Balaban J connectivity index is 2.11. The van der Waals surface area contributed by atoms with E-state index in [0.29, 0.717) is 6.04 Å². The number of aryl methyl sites for hydroxylation is 1. The molecule has 3 heteroatoms. The molecule has 2 atom stereocenters. The fraction of sp³-hybridized carbons (Fsp3) is 0.500. The third kappa shape index (κ3) is 2.67. The molecule has 0 bridgehead atoms. The highest BCUT2D eigenvalue weighted by atomic mass is 16.2. The van der Waals surface area contributed by atoms with Crippen LogP contribution >= 0.6 is 0 Å². The summed E-state index contributed by atoms with van der Waals surface area (Å²) >= 11 is 0. The van der Waals surface area contributed by atoms with Gasteiger partial charge >= 0.3 is 0 Å². The summed E-state index contributed by atoms with van der Waals surface area (Å²) in [6.07, 6.45) is 3.45. The molecule has 0 spiro atoms. The lowest BCUT2D eigenvalue weighted by molar-refractivity contribution is -0.122. The van der Waals surface area contributed by atoms with Crippen molar-refractivity contribution in [3.63, 3.8) is 0 Å². The third-order valence-corrected chi connectivity index (χ3v) is 3.46. The average Bonchev–Trinajstić information content (AvgIpc) is 2.38. The van der Waals surface area contributed by atoms with E-state index in [1.54, 1.807) is 7.05 Å². The summed E-state index contributed by atoms with van der Waals surface area (Å²) in [6.45, 7) is 1.91. The van der Waals surface area contributed by atoms with Crippen molar-refractivity contribution in [2.45, 2.75) is 38.3 Å². The van der Waals surface area contributed by atoms with Crippen LogP contribution in [0.3, 0.4) is 0 Å². The van der Waals surface area contributed by atoms with Gasteiger partial charge in [0.25, 0.3) is 0 Å². The first-order valence-electron chi connectivity index (χ1n) is 6.28. The molecule has 0 saturated carbocycles. The first-order valence-corrected chi connectivity index (χ1v) is 6.28. The predicted octanol–water partition coefficient (Wildman–Crippen LogP) is 1.79. The van der Waals surface area contributed by atoms with Crippen LogP contribution in [0.1, 0.15) is 36.9 Å². The van der Waals surface area contributed by atoms with Crippen molar-refractivity contribution in [2.24, 2.45) is 0 Å². The predicted molar refractivity (Wildman–Crippen MR) is 68.8 cm³/mol. The topological polar surface area (TPSA) is 41.1 Å². The van der Waals surface area contributed by atoms with Crippen LogP contribution in [-0.2, 0) is 11.2 Å². The minimum Gasteiger partial charge on any atom is -0.358 e. The van der Waals surface area contributed by atoms with E-state index in [2.05, 4.69) is 34.9 Å². The summed E-state index contributed by atoms with van der Waals surface area (Å²) in [4.78, 5) is 11.5. The first-order chi connectivity index (χ1) is 8.22. The second kappa shape index (κ2) is 5.32. The summed E-state index contributed by atoms with van der Waals surface area (Å²) in [7, 11) is 1.68. The van der Waals surface area contributed by atoms with Crippen LogP contribution in [0.15, 0.2) is 24.3 Å². The van der Waals surface area contributed by atoms with E-state index in [1.165, 1.54) is 17.5 Å². The number of hydrogen-bond donors (Lipinski definition) is 2. The fourth-order valence-corrected chi connectivity index (χ4v) is 2.52. The number of amides is 1. The Hall–Kier alpha value is -1.35. The molecule has 0 fully saturated rings. The maximum Gasteiger partial charge on any atom is 0.236 e. The van der Waals surface area contributed by atoms with Crippen LogP contribution in [-0.4, -0.2) is 19.0 Å². The molecule has 0 aliphatic heterocycles. The number of carbonyl (C=O) groups excluding carboxylic acids is 1. The molecule has 1 aromatic rings. The van der Waals surface area contributed by atoms with Gasteiger partial charge < -0.3 is 5.32 Å². The molecule has 2 rings (SSSR count). The number of nitrogens with one attached hydrogen (secondary N) is 2. The van der Waals surface area contributed by atoms with Gasteiger partial charge in [0.1, 0.15) is 0 Å². The molecule has 0 unspecified atom stereocenters. The smallest absolute Gasteiger partial charge is 0.236 e. The largest absolute Gasteiger partial charge is 0.358 e. The van der Waals surface area contributed by atoms with E-state index in [1.807, 2.05) is 6.92 Å². The van der Waals surface area contributed by atoms with E-state index < -0.39 is 0 Å². The molecule has 1 aliphatic rings. The van der Waals surface area contributed by atoms with Crippen molar-refractivity contribution in [1.82, 2.24) is 10.6 Å². The standard InChI is InChI=1S/C14H20N2O/c1-10(14(17)15-2)16-13-9-5-7-11-6-3-4-8-12(11)13/h3-4,6,8,10,13,16H,5,7,9H2,1-2H3,(H,15,17)/t10-,13+/m0/s1. The number of likely N-dealkylation sites (N-methyl/N-ethyl adjacent to an activating group) is 1. The van der Waals surface area contributed by atoms with Gasteiger partial charge in [-0.3, -0.25) is 10.1 Å². The molecule has 3 nitrogen and oxygen atoms in total. The van der Waals surface area contributed by atoms with Gasteiger partial charge in [-0.25, -0.2) is 0 Å². The molecule has 0 radical (unpaired) electrons. The lowest BCUT2D eigenvalue weighted by atomic mass is 9.87. The Morgan fingerprint density at radius 1 is 1.41 bits per heavy atom. The van der Waals surface area contributed by atoms with Gasteiger partial charge in [0.15, 0.2) is 0 Å². The zero-order chi connectivity index (χ0) is 12.3. The molecule has 0 heterocycles. The number of benzene rings is 1. The fourth-order valence-electron chi connectivity index (χ4n) is 2.52. The van der Waals surface area contributed by atoms with Crippen LogP contribution in [0, 0.1) is 0 Å². The third-order valence-electron chi connectivity index (χ3n) is 3.46. The summed E-state index contributed by atoms with van der Waals surface area (Å²) in [5.41, 5.74) is 2.77. The van der Waals surface area contributed by atoms with E-state index in [4.69, 9.17) is 0 Å². The number of hydrogen-bond acceptors (Lipinski definition) is 2. The molecule has 17 heavy (non-hydrogen) atoms. The molecule has 1 aromatic carbocycles. The molecule has 1 aliphatic carbocycles. The van der Waals surface area contributed by atoms with Crippen molar-refractivity contribution in [1.29, 1.82) is 0 Å². The van der Waals surface area contributed by atoms with E-state index >= 15 is 0 Å². The molecule has 2 N–H and O–H groups in total. The molecule has 1 amide bonds. The van der Waals surface area contributed by atoms with Gasteiger partial charge in [0, 0.05) is 13.1 Å². The minimum atomic E-state index is -0.142. The Kier molecular flexibility index (Phi) is 3.79.